The minimum atomic E-state index is -3.69. The van der Waals surface area contributed by atoms with Crippen LogP contribution >= 0.6 is 0 Å². The Balaban J connectivity index is 2.21. The Morgan fingerprint density at radius 2 is 1.90 bits per heavy atom. The highest BCUT2D eigenvalue weighted by Gasteiger charge is 2.32. The molecule has 0 amide bonds. The number of aryl methyl sites for hydroxylation is 1. The van der Waals surface area contributed by atoms with Gasteiger partial charge in [0, 0.05) is 19.7 Å². The topological polar surface area (TPSA) is 57.6 Å². The molecule has 0 atom stereocenters. The highest BCUT2D eigenvalue weighted by molar-refractivity contribution is 7.89. The van der Waals surface area contributed by atoms with Gasteiger partial charge >= 0.3 is 0 Å². The number of nitrogens with zero attached hydrogens (tertiary/aromatic N) is 1. The Bertz CT molecular complexity index is 595. The molecular weight excluding hydrogens is 293 g/mol. The molecule has 1 aromatic rings. The van der Waals surface area contributed by atoms with E-state index in [1.54, 1.807) is 14.0 Å². The van der Waals surface area contributed by atoms with E-state index in [4.69, 9.17) is 5.11 Å². The summed E-state index contributed by atoms with van der Waals surface area (Å²) < 4.78 is 40.1. The van der Waals surface area contributed by atoms with E-state index in [9.17, 15) is 12.8 Å². The van der Waals surface area contributed by atoms with Crippen LogP contribution in [0.4, 0.5) is 4.39 Å². The SMILES string of the molecule is Cc1ccc(F)cc1S(=O)(=O)N(C)C1CCC(CO)CC1. The van der Waals surface area contributed by atoms with E-state index in [1.807, 2.05) is 0 Å². The van der Waals surface area contributed by atoms with Crippen molar-refractivity contribution >= 4 is 10.0 Å². The van der Waals surface area contributed by atoms with Gasteiger partial charge in [-0.3, -0.25) is 0 Å². The molecule has 0 bridgehead atoms. The van der Waals surface area contributed by atoms with Crippen molar-refractivity contribution in [1.82, 2.24) is 4.31 Å². The molecule has 0 radical (unpaired) electrons. The third-order valence-corrected chi connectivity index (χ3v) is 6.45. The van der Waals surface area contributed by atoms with Crippen LogP contribution in [0.2, 0.25) is 0 Å². The largest absolute Gasteiger partial charge is 0.396 e. The van der Waals surface area contributed by atoms with Crippen molar-refractivity contribution in [2.24, 2.45) is 5.92 Å². The van der Waals surface area contributed by atoms with Crippen molar-refractivity contribution in [2.75, 3.05) is 13.7 Å². The highest BCUT2D eigenvalue weighted by atomic mass is 32.2. The summed E-state index contributed by atoms with van der Waals surface area (Å²) >= 11 is 0. The van der Waals surface area contributed by atoms with Crippen molar-refractivity contribution in [3.63, 3.8) is 0 Å². The zero-order chi connectivity index (χ0) is 15.6. The van der Waals surface area contributed by atoms with Crippen LogP contribution in [-0.2, 0) is 10.0 Å². The third kappa shape index (κ3) is 3.44. The first-order valence-corrected chi connectivity index (χ1v) is 8.65. The molecule has 1 aromatic carbocycles. The van der Waals surface area contributed by atoms with Crippen LogP contribution in [0.15, 0.2) is 23.1 Å². The number of hydrogen-bond donors (Lipinski definition) is 1. The molecule has 0 saturated heterocycles. The molecular formula is C15H22FNO3S. The fraction of sp³-hybridized carbons (Fsp3) is 0.600. The molecule has 4 nitrogen and oxygen atoms in total. The summed E-state index contributed by atoms with van der Waals surface area (Å²) in [6.45, 7) is 1.83. The lowest BCUT2D eigenvalue weighted by atomic mass is 9.87. The van der Waals surface area contributed by atoms with Gasteiger partial charge in [0.25, 0.3) is 0 Å². The van der Waals surface area contributed by atoms with Gasteiger partial charge in [-0.1, -0.05) is 6.07 Å². The fourth-order valence-electron chi connectivity index (χ4n) is 2.89. The van der Waals surface area contributed by atoms with Crippen molar-refractivity contribution in [3.8, 4) is 0 Å². The second kappa shape index (κ2) is 6.42. The average Bonchev–Trinajstić information content (AvgIpc) is 2.49. The quantitative estimate of drug-likeness (QED) is 0.927. The zero-order valence-electron chi connectivity index (χ0n) is 12.4. The predicted octanol–water partition coefficient (Wildman–Crippen LogP) is 2.31. The molecule has 1 N–H and O–H groups in total. The molecule has 2 rings (SSSR count). The van der Waals surface area contributed by atoms with Gasteiger partial charge in [0.1, 0.15) is 5.82 Å². The second-order valence-electron chi connectivity index (χ2n) is 5.79. The van der Waals surface area contributed by atoms with Crippen LogP contribution in [-0.4, -0.2) is 37.5 Å². The molecule has 6 heteroatoms. The number of aliphatic hydroxyl groups is 1. The lowest BCUT2D eigenvalue weighted by Gasteiger charge is -2.33. The molecule has 1 aliphatic carbocycles. The molecule has 0 aliphatic heterocycles. The maximum atomic E-state index is 13.4. The normalized spacial score (nSPS) is 23.5. The van der Waals surface area contributed by atoms with Crippen LogP contribution in [0.5, 0.6) is 0 Å². The number of rotatable bonds is 4. The smallest absolute Gasteiger partial charge is 0.243 e. The predicted molar refractivity (Wildman–Crippen MR) is 78.9 cm³/mol. The van der Waals surface area contributed by atoms with Gasteiger partial charge in [-0.25, -0.2) is 12.8 Å². The standard InChI is InChI=1S/C15H22FNO3S/c1-11-3-6-13(16)9-15(11)21(19,20)17(2)14-7-4-12(10-18)5-8-14/h3,6,9,12,14,18H,4-5,7-8,10H2,1-2H3. The molecule has 1 aliphatic rings. The van der Waals surface area contributed by atoms with Crippen LogP contribution < -0.4 is 0 Å². The number of sulfonamides is 1. The lowest BCUT2D eigenvalue weighted by Crippen LogP contribution is -2.40. The first-order valence-electron chi connectivity index (χ1n) is 7.21. The van der Waals surface area contributed by atoms with Gasteiger partial charge < -0.3 is 5.11 Å². The van der Waals surface area contributed by atoms with Crippen molar-refractivity contribution in [1.29, 1.82) is 0 Å². The Hall–Kier alpha value is -0.980. The number of aliphatic hydroxyl groups excluding tert-OH is 1. The average molecular weight is 315 g/mol. The van der Waals surface area contributed by atoms with Gasteiger partial charge in [-0.05, 0) is 56.2 Å². The number of halogens is 1. The zero-order valence-corrected chi connectivity index (χ0v) is 13.2. The molecule has 0 aromatic heterocycles. The molecule has 0 spiro atoms. The minimum absolute atomic E-state index is 0.0364. The Kier molecular flexibility index (Phi) is 5.01. The van der Waals surface area contributed by atoms with Crippen LogP contribution in [0.1, 0.15) is 31.2 Å². The van der Waals surface area contributed by atoms with Crippen molar-refractivity contribution in [2.45, 2.75) is 43.5 Å². The fourth-order valence-corrected chi connectivity index (χ4v) is 4.54. The summed E-state index contributed by atoms with van der Waals surface area (Å²) in [5.74, 6) is -0.273. The third-order valence-electron chi connectivity index (χ3n) is 4.40. The molecule has 0 heterocycles. The number of benzene rings is 1. The maximum Gasteiger partial charge on any atom is 0.243 e. The summed E-state index contributed by atoms with van der Waals surface area (Å²) in [6.07, 6.45) is 3.11. The van der Waals surface area contributed by atoms with Gasteiger partial charge in [0.15, 0.2) is 0 Å². The lowest BCUT2D eigenvalue weighted by molar-refractivity contribution is 0.159. The van der Waals surface area contributed by atoms with Crippen molar-refractivity contribution in [3.05, 3.63) is 29.6 Å². The molecule has 21 heavy (non-hydrogen) atoms. The summed E-state index contributed by atoms with van der Waals surface area (Å²) in [4.78, 5) is 0.0364. The van der Waals surface area contributed by atoms with Gasteiger partial charge in [-0.2, -0.15) is 4.31 Å². The van der Waals surface area contributed by atoms with Gasteiger partial charge in [-0.15, -0.1) is 0 Å². The van der Waals surface area contributed by atoms with E-state index in [-0.39, 0.29) is 23.5 Å². The van der Waals surface area contributed by atoms with Gasteiger partial charge in [0.05, 0.1) is 4.90 Å². The monoisotopic (exact) mass is 315 g/mol. The maximum absolute atomic E-state index is 13.4. The second-order valence-corrected chi connectivity index (χ2v) is 7.75. The minimum Gasteiger partial charge on any atom is -0.396 e. The van der Waals surface area contributed by atoms with Crippen LogP contribution in [0.25, 0.3) is 0 Å². The Morgan fingerprint density at radius 1 is 1.29 bits per heavy atom. The Labute approximate surface area is 125 Å². The molecule has 118 valence electrons. The van der Waals surface area contributed by atoms with Crippen LogP contribution in [0.3, 0.4) is 0 Å². The first-order chi connectivity index (χ1) is 9.86. The van der Waals surface area contributed by atoms with E-state index in [0.717, 1.165) is 31.7 Å². The van der Waals surface area contributed by atoms with E-state index < -0.39 is 15.8 Å². The summed E-state index contributed by atoms with van der Waals surface area (Å²) in [6, 6.07) is 3.75. The number of hydrogen-bond acceptors (Lipinski definition) is 3. The van der Waals surface area contributed by atoms with Crippen LogP contribution in [0, 0.1) is 18.7 Å². The van der Waals surface area contributed by atoms with E-state index >= 15 is 0 Å². The van der Waals surface area contributed by atoms with Crippen molar-refractivity contribution < 1.29 is 17.9 Å². The summed E-state index contributed by atoms with van der Waals surface area (Å²) in [5.41, 5.74) is 0.548. The Morgan fingerprint density at radius 3 is 2.48 bits per heavy atom. The summed E-state index contributed by atoms with van der Waals surface area (Å²) in [5, 5.41) is 9.15. The van der Waals surface area contributed by atoms with E-state index in [2.05, 4.69) is 0 Å². The molecule has 0 unspecified atom stereocenters. The summed E-state index contributed by atoms with van der Waals surface area (Å²) in [7, 11) is -2.13. The first kappa shape index (κ1) is 16.4. The molecule has 1 saturated carbocycles. The highest BCUT2D eigenvalue weighted by Crippen LogP contribution is 2.30. The molecule has 1 fully saturated rings. The van der Waals surface area contributed by atoms with Gasteiger partial charge in [0.2, 0.25) is 10.0 Å². The van der Waals surface area contributed by atoms with E-state index in [0.29, 0.717) is 5.56 Å². The van der Waals surface area contributed by atoms with E-state index in [1.165, 1.54) is 16.4 Å².